The van der Waals surface area contributed by atoms with E-state index in [4.69, 9.17) is 0 Å². The van der Waals surface area contributed by atoms with Gasteiger partial charge in [-0.3, -0.25) is 14.2 Å². The summed E-state index contributed by atoms with van der Waals surface area (Å²) in [5.74, 6) is -0.0945. The molecule has 0 radical (unpaired) electrons. The number of carbonyl (C=O) groups excluding carboxylic acids is 1. The molecule has 1 aliphatic heterocycles. The van der Waals surface area contributed by atoms with Crippen molar-refractivity contribution in [3.05, 3.63) is 64.2 Å². The predicted octanol–water partition coefficient (Wildman–Crippen LogP) is 2.76. The quantitative estimate of drug-likeness (QED) is 0.657. The fourth-order valence-corrected chi connectivity index (χ4v) is 4.05. The van der Waals surface area contributed by atoms with E-state index in [2.05, 4.69) is 27.1 Å². The highest BCUT2D eigenvalue weighted by Crippen LogP contribution is 2.23. The third-order valence-corrected chi connectivity index (χ3v) is 6.25. The van der Waals surface area contributed by atoms with Gasteiger partial charge in [0, 0.05) is 43.5 Å². The fourth-order valence-electron chi connectivity index (χ4n) is 4.05. The molecule has 0 bridgehead atoms. The summed E-state index contributed by atoms with van der Waals surface area (Å²) in [5.41, 5.74) is 3.77. The van der Waals surface area contributed by atoms with Gasteiger partial charge in [-0.05, 0) is 62.7 Å². The van der Waals surface area contributed by atoms with Crippen molar-refractivity contribution in [1.29, 1.82) is 0 Å². The lowest BCUT2D eigenvalue weighted by molar-refractivity contribution is 0.0951. The lowest BCUT2D eigenvalue weighted by atomic mass is 10.1. The van der Waals surface area contributed by atoms with Gasteiger partial charge >= 0.3 is 0 Å². The van der Waals surface area contributed by atoms with Gasteiger partial charge in [-0.1, -0.05) is 6.07 Å². The normalized spacial score (nSPS) is 16.6. The Labute approximate surface area is 193 Å². The predicted molar refractivity (Wildman–Crippen MR) is 130 cm³/mol. The molecular weight excluding hydrogens is 426 g/mol. The SMILES string of the molecule is Cc1ccc(C(=O)NC2CC2)cc1-n1cnc2ccc(N3CCN(C)CC3)cc2c1=O.Cl. The second-order valence-electron chi connectivity index (χ2n) is 8.66. The van der Waals surface area contributed by atoms with Crippen LogP contribution in [0.1, 0.15) is 28.8 Å². The highest BCUT2D eigenvalue weighted by Gasteiger charge is 2.24. The topological polar surface area (TPSA) is 70.5 Å². The Morgan fingerprint density at radius 1 is 1.06 bits per heavy atom. The zero-order chi connectivity index (χ0) is 21.5. The van der Waals surface area contributed by atoms with Crippen LogP contribution in [0.4, 0.5) is 5.69 Å². The maximum absolute atomic E-state index is 13.4. The van der Waals surface area contributed by atoms with Crippen LogP contribution in [0, 0.1) is 6.92 Å². The largest absolute Gasteiger partial charge is 0.369 e. The van der Waals surface area contributed by atoms with Crippen molar-refractivity contribution in [2.75, 3.05) is 38.1 Å². The van der Waals surface area contributed by atoms with Crippen LogP contribution in [0.2, 0.25) is 0 Å². The number of fused-ring (bicyclic) bond motifs is 1. The van der Waals surface area contributed by atoms with Crippen LogP contribution in [-0.2, 0) is 0 Å². The third kappa shape index (κ3) is 4.36. The van der Waals surface area contributed by atoms with Crippen molar-refractivity contribution in [3.8, 4) is 5.69 Å². The summed E-state index contributed by atoms with van der Waals surface area (Å²) in [6.07, 6.45) is 3.63. The Balaban J connectivity index is 0.00000245. The smallest absolute Gasteiger partial charge is 0.265 e. The molecular formula is C24H28ClN5O2. The van der Waals surface area contributed by atoms with E-state index in [0.29, 0.717) is 22.2 Å². The number of rotatable bonds is 4. The first kappa shape index (κ1) is 22.3. The molecule has 1 saturated carbocycles. The van der Waals surface area contributed by atoms with Gasteiger partial charge < -0.3 is 15.1 Å². The molecule has 1 saturated heterocycles. The van der Waals surface area contributed by atoms with Crippen molar-refractivity contribution < 1.29 is 4.79 Å². The maximum Gasteiger partial charge on any atom is 0.265 e. The second-order valence-corrected chi connectivity index (χ2v) is 8.66. The van der Waals surface area contributed by atoms with Gasteiger partial charge in [-0.2, -0.15) is 0 Å². The van der Waals surface area contributed by atoms with Crippen LogP contribution in [0.25, 0.3) is 16.6 Å². The summed E-state index contributed by atoms with van der Waals surface area (Å²) in [7, 11) is 2.13. The molecule has 0 unspecified atom stereocenters. The molecule has 1 aliphatic carbocycles. The van der Waals surface area contributed by atoms with Crippen LogP contribution < -0.4 is 15.8 Å². The lowest BCUT2D eigenvalue weighted by Crippen LogP contribution is -2.44. The zero-order valence-corrected chi connectivity index (χ0v) is 19.2. The molecule has 1 N–H and O–H groups in total. The van der Waals surface area contributed by atoms with Crippen molar-refractivity contribution in [1.82, 2.24) is 19.8 Å². The Morgan fingerprint density at radius 2 is 1.81 bits per heavy atom. The molecule has 8 heteroatoms. The molecule has 5 rings (SSSR count). The number of likely N-dealkylation sites (N-methyl/N-ethyl adjacent to an activating group) is 1. The van der Waals surface area contributed by atoms with E-state index in [1.165, 1.54) is 0 Å². The second kappa shape index (κ2) is 8.92. The average Bonchev–Trinajstić information content (AvgIpc) is 3.59. The van der Waals surface area contributed by atoms with Crippen LogP contribution in [0.3, 0.4) is 0 Å². The van der Waals surface area contributed by atoms with E-state index < -0.39 is 0 Å². The van der Waals surface area contributed by atoms with Crippen molar-refractivity contribution >= 4 is 34.9 Å². The monoisotopic (exact) mass is 453 g/mol. The first-order valence-electron chi connectivity index (χ1n) is 10.9. The number of nitrogens with zero attached hydrogens (tertiary/aromatic N) is 4. The van der Waals surface area contributed by atoms with Gasteiger partial charge in [-0.25, -0.2) is 4.98 Å². The minimum absolute atomic E-state index is 0. The van der Waals surface area contributed by atoms with Crippen molar-refractivity contribution in [2.24, 2.45) is 0 Å². The number of aryl methyl sites for hydroxylation is 1. The maximum atomic E-state index is 13.4. The Bertz CT molecular complexity index is 1210. The van der Waals surface area contributed by atoms with Crippen LogP contribution in [0.15, 0.2) is 47.5 Å². The first-order valence-corrected chi connectivity index (χ1v) is 10.9. The van der Waals surface area contributed by atoms with E-state index in [-0.39, 0.29) is 29.9 Å². The van der Waals surface area contributed by atoms with Crippen LogP contribution >= 0.6 is 12.4 Å². The summed E-state index contributed by atoms with van der Waals surface area (Å²) in [5, 5.41) is 3.60. The number of aromatic nitrogens is 2. The molecule has 1 amide bonds. The number of hydrogen-bond donors (Lipinski definition) is 1. The minimum atomic E-state index is -0.121. The fraction of sp³-hybridized carbons (Fsp3) is 0.375. The molecule has 3 aromatic rings. The van der Waals surface area contributed by atoms with E-state index in [1.54, 1.807) is 17.0 Å². The number of carbonyl (C=O) groups is 1. The van der Waals surface area contributed by atoms with E-state index in [1.807, 2.05) is 37.3 Å². The van der Waals surface area contributed by atoms with Gasteiger partial charge in [0.1, 0.15) is 6.33 Å². The summed E-state index contributed by atoms with van der Waals surface area (Å²) in [4.78, 5) is 35.1. The summed E-state index contributed by atoms with van der Waals surface area (Å²) >= 11 is 0. The molecule has 0 atom stereocenters. The first-order chi connectivity index (χ1) is 15.0. The molecule has 32 heavy (non-hydrogen) atoms. The number of hydrogen-bond acceptors (Lipinski definition) is 5. The number of anilines is 1. The van der Waals surface area contributed by atoms with Crippen LogP contribution in [-0.4, -0.2) is 59.6 Å². The molecule has 2 aliphatic rings. The molecule has 2 fully saturated rings. The molecule has 7 nitrogen and oxygen atoms in total. The average molecular weight is 454 g/mol. The molecule has 2 heterocycles. The molecule has 0 spiro atoms. The minimum Gasteiger partial charge on any atom is -0.369 e. The van der Waals surface area contributed by atoms with Gasteiger partial charge in [0.2, 0.25) is 0 Å². The van der Waals surface area contributed by atoms with Gasteiger partial charge in [0.05, 0.1) is 16.6 Å². The van der Waals surface area contributed by atoms with Gasteiger partial charge in [-0.15, -0.1) is 12.4 Å². The molecule has 168 valence electrons. The van der Waals surface area contributed by atoms with Crippen LogP contribution in [0.5, 0.6) is 0 Å². The van der Waals surface area contributed by atoms with E-state index in [9.17, 15) is 9.59 Å². The highest BCUT2D eigenvalue weighted by atomic mass is 35.5. The third-order valence-electron chi connectivity index (χ3n) is 6.25. The van der Waals surface area contributed by atoms with Gasteiger partial charge in [0.25, 0.3) is 11.5 Å². The van der Waals surface area contributed by atoms with Gasteiger partial charge in [0.15, 0.2) is 0 Å². The Morgan fingerprint density at radius 3 is 2.53 bits per heavy atom. The van der Waals surface area contributed by atoms with E-state index in [0.717, 1.165) is 50.3 Å². The molecule has 1 aromatic heterocycles. The standard InChI is InChI=1S/C24H27N5O2.ClH/c1-16-3-4-17(23(30)26-18-5-6-18)13-22(16)29-15-25-21-8-7-19(14-20(21)24(29)31)28-11-9-27(2)10-12-28;/h3-4,7-8,13-15,18H,5-6,9-12H2,1-2H3,(H,26,30);1H. The summed E-state index contributed by atoms with van der Waals surface area (Å²) in [6.45, 7) is 5.82. The summed E-state index contributed by atoms with van der Waals surface area (Å²) in [6, 6.07) is 11.7. The number of piperazine rings is 1. The number of halogens is 1. The van der Waals surface area contributed by atoms with E-state index >= 15 is 0 Å². The van der Waals surface area contributed by atoms with Crippen molar-refractivity contribution in [2.45, 2.75) is 25.8 Å². The summed E-state index contributed by atoms with van der Waals surface area (Å²) < 4.78 is 1.55. The number of nitrogens with one attached hydrogen (secondary N) is 1. The van der Waals surface area contributed by atoms with Crippen molar-refractivity contribution in [3.63, 3.8) is 0 Å². The number of amides is 1. The number of benzene rings is 2. The Kier molecular flexibility index (Phi) is 6.22. The molecule has 2 aromatic carbocycles. The zero-order valence-electron chi connectivity index (χ0n) is 18.4. The highest BCUT2D eigenvalue weighted by molar-refractivity contribution is 5.95. The lowest BCUT2D eigenvalue weighted by Gasteiger charge is -2.34. The Hall–Kier alpha value is -2.90.